The molecule has 0 spiro atoms. The third-order valence-corrected chi connectivity index (χ3v) is 4.87. The van der Waals surface area contributed by atoms with Crippen LogP contribution in [0.15, 0.2) is 34.3 Å². The van der Waals surface area contributed by atoms with E-state index in [-0.39, 0.29) is 42.4 Å². The van der Waals surface area contributed by atoms with Crippen molar-refractivity contribution in [2.24, 2.45) is 0 Å². The Labute approximate surface area is 174 Å². The Balaban J connectivity index is 2.23. The number of aliphatic hydroxyl groups is 1. The molecule has 30 heavy (non-hydrogen) atoms. The number of methoxy groups -OCH3 is 1. The van der Waals surface area contributed by atoms with Crippen LogP contribution in [0.3, 0.4) is 0 Å². The molecule has 0 unspecified atom stereocenters. The minimum absolute atomic E-state index is 0.0194. The highest BCUT2D eigenvalue weighted by Crippen LogP contribution is 2.28. The number of aromatic nitrogens is 2. The molecule has 1 heterocycles. The highest BCUT2D eigenvalue weighted by Gasteiger charge is 2.31. The average Bonchev–Trinajstić information content (AvgIpc) is 2.67. The Bertz CT molecular complexity index is 1110. The number of hydrogen-bond acceptors (Lipinski definition) is 6. The van der Waals surface area contributed by atoms with Crippen molar-refractivity contribution in [2.45, 2.75) is 25.8 Å². The lowest BCUT2D eigenvalue weighted by Crippen LogP contribution is -2.33. The number of Topliss-reactive ketones (excluding diaryl/α,β-unsaturated/α-hetero) is 2. The highest BCUT2D eigenvalue weighted by atomic mass is 35.5. The quantitative estimate of drug-likeness (QED) is 0.549. The van der Waals surface area contributed by atoms with Crippen molar-refractivity contribution in [3.8, 4) is 11.3 Å². The number of nitrogens with zero attached hydrogens (tertiary/aromatic N) is 2. The number of ether oxygens (including phenoxy) is 1. The van der Waals surface area contributed by atoms with Gasteiger partial charge in [-0.3, -0.25) is 14.4 Å². The SMILES string of the molecule is COCCn1c(-c2cc(F)cc(F)c2)c(Cl)nc(C(=O)C2=C(O)CCCC2=O)c1=O. The summed E-state index contributed by atoms with van der Waals surface area (Å²) in [6.07, 6.45) is 0.564. The molecule has 0 saturated carbocycles. The first-order valence-electron chi connectivity index (χ1n) is 9.00. The van der Waals surface area contributed by atoms with Crippen LogP contribution in [-0.4, -0.2) is 39.9 Å². The Morgan fingerprint density at radius 2 is 1.90 bits per heavy atom. The maximum absolute atomic E-state index is 13.7. The van der Waals surface area contributed by atoms with Crippen LogP contribution in [0.4, 0.5) is 8.78 Å². The van der Waals surface area contributed by atoms with E-state index < -0.39 is 45.8 Å². The lowest BCUT2D eigenvalue weighted by atomic mass is 9.92. The first kappa shape index (κ1) is 21.8. The molecule has 0 aliphatic heterocycles. The molecule has 1 aliphatic rings. The molecule has 1 aromatic carbocycles. The normalized spacial score (nSPS) is 14.3. The van der Waals surface area contributed by atoms with Crippen LogP contribution >= 0.6 is 11.6 Å². The minimum atomic E-state index is -1.05. The van der Waals surface area contributed by atoms with Crippen molar-refractivity contribution < 1.29 is 28.2 Å². The zero-order valence-electron chi connectivity index (χ0n) is 15.9. The van der Waals surface area contributed by atoms with E-state index in [0.29, 0.717) is 12.5 Å². The zero-order valence-corrected chi connectivity index (χ0v) is 16.6. The Morgan fingerprint density at radius 3 is 2.50 bits per heavy atom. The van der Waals surface area contributed by atoms with Crippen molar-refractivity contribution >= 4 is 23.2 Å². The van der Waals surface area contributed by atoms with Crippen LogP contribution in [0, 0.1) is 11.6 Å². The van der Waals surface area contributed by atoms with E-state index in [4.69, 9.17) is 16.3 Å². The zero-order chi connectivity index (χ0) is 22.0. The second kappa shape index (κ2) is 8.85. The molecule has 0 saturated heterocycles. The molecule has 0 amide bonds. The molecule has 1 N–H and O–H groups in total. The van der Waals surface area contributed by atoms with Gasteiger partial charge in [0.1, 0.15) is 23.0 Å². The van der Waals surface area contributed by atoms with Crippen molar-refractivity contribution in [1.29, 1.82) is 0 Å². The third kappa shape index (κ3) is 4.17. The van der Waals surface area contributed by atoms with Crippen molar-refractivity contribution in [3.05, 3.63) is 62.4 Å². The summed E-state index contributed by atoms with van der Waals surface area (Å²) in [6.45, 7) is -0.0875. The molecule has 0 bridgehead atoms. The summed E-state index contributed by atoms with van der Waals surface area (Å²) in [6, 6.07) is 2.59. The fraction of sp³-hybridized carbons (Fsp3) is 0.300. The van der Waals surface area contributed by atoms with Gasteiger partial charge in [0.15, 0.2) is 16.6 Å². The van der Waals surface area contributed by atoms with Crippen LogP contribution in [0.25, 0.3) is 11.3 Å². The van der Waals surface area contributed by atoms with Gasteiger partial charge in [-0.25, -0.2) is 13.8 Å². The maximum Gasteiger partial charge on any atom is 0.281 e. The van der Waals surface area contributed by atoms with Gasteiger partial charge in [-0.15, -0.1) is 0 Å². The number of carbonyl (C=O) groups is 2. The number of aliphatic hydroxyl groups excluding tert-OH is 1. The first-order chi connectivity index (χ1) is 14.2. The number of rotatable bonds is 6. The Kier molecular flexibility index (Phi) is 6.42. The van der Waals surface area contributed by atoms with Crippen molar-refractivity contribution in [2.75, 3.05) is 13.7 Å². The van der Waals surface area contributed by atoms with E-state index in [9.17, 15) is 28.3 Å². The topological polar surface area (TPSA) is 98.5 Å². The largest absolute Gasteiger partial charge is 0.511 e. The van der Waals surface area contributed by atoms with E-state index in [1.54, 1.807) is 0 Å². The molecule has 10 heteroatoms. The third-order valence-electron chi connectivity index (χ3n) is 4.60. The van der Waals surface area contributed by atoms with Crippen LogP contribution in [-0.2, 0) is 16.1 Å². The molecule has 158 valence electrons. The van der Waals surface area contributed by atoms with Crippen LogP contribution in [0.1, 0.15) is 29.8 Å². The second-order valence-corrected chi connectivity index (χ2v) is 6.99. The predicted molar refractivity (Wildman–Crippen MR) is 104 cm³/mol. The van der Waals surface area contributed by atoms with Crippen LogP contribution in [0.5, 0.6) is 0 Å². The molecule has 0 fully saturated rings. The molecule has 7 nitrogen and oxygen atoms in total. The van der Waals surface area contributed by atoms with Gasteiger partial charge in [0.25, 0.3) is 5.56 Å². The predicted octanol–water partition coefficient (Wildman–Crippen LogP) is 3.24. The van der Waals surface area contributed by atoms with E-state index in [1.165, 1.54) is 7.11 Å². The smallest absolute Gasteiger partial charge is 0.281 e. The molecule has 2 aromatic rings. The molecule has 0 radical (unpaired) electrons. The second-order valence-electron chi connectivity index (χ2n) is 6.64. The van der Waals surface area contributed by atoms with Crippen LogP contribution < -0.4 is 5.56 Å². The summed E-state index contributed by atoms with van der Waals surface area (Å²) < 4.78 is 33.4. The van der Waals surface area contributed by atoms with Gasteiger partial charge in [0.05, 0.1) is 12.3 Å². The number of hydrogen-bond donors (Lipinski definition) is 1. The molecule has 3 rings (SSSR count). The molecular formula is C20H17ClF2N2O5. The summed E-state index contributed by atoms with van der Waals surface area (Å²) >= 11 is 6.21. The van der Waals surface area contributed by atoms with Gasteiger partial charge in [0.2, 0.25) is 5.78 Å². The van der Waals surface area contributed by atoms with Gasteiger partial charge < -0.3 is 14.4 Å². The fourth-order valence-corrected chi connectivity index (χ4v) is 3.55. The van der Waals surface area contributed by atoms with Gasteiger partial charge in [-0.2, -0.15) is 0 Å². The van der Waals surface area contributed by atoms with Gasteiger partial charge in [-0.1, -0.05) is 11.6 Å². The molecular weight excluding hydrogens is 422 g/mol. The summed E-state index contributed by atoms with van der Waals surface area (Å²) in [4.78, 5) is 41.8. The minimum Gasteiger partial charge on any atom is -0.511 e. The first-order valence-corrected chi connectivity index (χ1v) is 9.38. The Hall–Kier alpha value is -2.91. The number of carbonyl (C=O) groups excluding carboxylic acids is 2. The average molecular weight is 439 g/mol. The summed E-state index contributed by atoms with van der Waals surface area (Å²) in [7, 11) is 1.38. The lowest BCUT2D eigenvalue weighted by Gasteiger charge is -2.17. The number of allylic oxidation sites excluding steroid dienone is 2. The van der Waals surface area contributed by atoms with Gasteiger partial charge in [-0.05, 0) is 18.6 Å². The monoisotopic (exact) mass is 438 g/mol. The molecule has 1 aromatic heterocycles. The van der Waals surface area contributed by atoms with Gasteiger partial charge in [0, 0.05) is 38.1 Å². The van der Waals surface area contributed by atoms with Crippen molar-refractivity contribution in [1.82, 2.24) is 9.55 Å². The summed E-state index contributed by atoms with van der Waals surface area (Å²) in [5.41, 5.74) is -2.27. The lowest BCUT2D eigenvalue weighted by molar-refractivity contribution is -0.116. The van der Waals surface area contributed by atoms with Crippen LogP contribution in [0.2, 0.25) is 5.15 Å². The molecule has 1 aliphatic carbocycles. The fourth-order valence-electron chi connectivity index (χ4n) is 3.25. The highest BCUT2D eigenvalue weighted by molar-refractivity contribution is 6.32. The number of halogens is 3. The number of benzene rings is 1. The van der Waals surface area contributed by atoms with E-state index in [0.717, 1.165) is 16.7 Å². The van der Waals surface area contributed by atoms with E-state index in [1.807, 2.05) is 0 Å². The standard InChI is InChI=1S/C20H17ClF2N2O5/c1-30-6-5-25-17(10-7-11(22)9-12(23)8-10)19(21)24-16(20(25)29)18(28)15-13(26)3-2-4-14(15)27/h7-9,26H,2-6H2,1H3. The van der Waals surface area contributed by atoms with E-state index in [2.05, 4.69) is 4.98 Å². The maximum atomic E-state index is 13.7. The summed E-state index contributed by atoms with van der Waals surface area (Å²) in [5.74, 6) is -3.84. The van der Waals surface area contributed by atoms with Crippen molar-refractivity contribution in [3.63, 3.8) is 0 Å². The van der Waals surface area contributed by atoms with E-state index >= 15 is 0 Å². The summed E-state index contributed by atoms with van der Waals surface area (Å²) in [5, 5.41) is 9.63. The number of ketones is 2. The van der Waals surface area contributed by atoms with Gasteiger partial charge >= 0.3 is 0 Å². The Morgan fingerprint density at radius 1 is 1.23 bits per heavy atom. The molecule has 0 atom stereocenters.